The summed E-state index contributed by atoms with van der Waals surface area (Å²) in [5.41, 5.74) is 1.30. The van der Waals surface area contributed by atoms with Crippen LogP contribution in [0.4, 0.5) is 0 Å². The molecule has 0 spiro atoms. The largest absolute Gasteiger partial charge is 0.493 e. The van der Waals surface area contributed by atoms with Crippen LogP contribution in [0.25, 0.3) is 0 Å². The molecule has 0 saturated carbocycles. The zero-order chi connectivity index (χ0) is 21.6. The summed E-state index contributed by atoms with van der Waals surface area (Å²) in [4.78, 5) is 20.4. The lowest BCUT2D eigenvalue weighted by Gasteiger charge is -2.35. The van der Waals surface area contributed by atoms with E-state index in [4.69, 9.17) is 4.74 Å². The second-order valence-electron chi connectivity index (χ2n) is 9.14. The lowest BCUT2D eigenvalue weighted by Crippen LogP contribution is -2.41. The summed E-state index contributed by atoms with van der Waals surface area (Å²) in [5.74, 6) is 1.50. The van der Waals surface area contributed by atoms with Gasteiger partial charge in [0.25, 0.3) is 5.91 Å². The summed E-state index contributed by atoms with van der Waals surface area (Å²) in [6.45, 7) is 5.64. The number of likely N-dealkylation sites (tertiary alicyclic amines) is 2. The highest BCUT2D eigenvalue weighted by Gasteiger charge is 2.25. The Hall–Kier alpha value is -1.89. The van der Waals surface area contributed by atoms with Gasteiger partial charge in [0.2, 0.25) is 0 Å². The number of thiophene rings is 1. The maximum absolute atomic E-state index is 12.7. The highest BCUT2D eigenvalue weighted by atomic mass is 32.1. The SMILES string of the molecule is CN1CCC(N(C)Cc2cccc(OCC3CCCN(C(=O)c4cccs4)C3)c2)CC1. The third kappa shape index (κ3) is 6.09. The molecular weight excluding hydrogens is 406 g/mol. The van der Waals surface area contributed by atoms with E-state index in [2.05, 4.69) is 48.2 Å². The summed E-state index contributed by atoms with van der Waals surface area (Å²) in [7, 11) is 4.45. The van der Waals surface area contributed by atoms with Crippen LogP contribution in [0.1, 0.15) is 40.9 Å². The van der Waals surface area contributed by atoms with Gasteiger partial charge in [0, 0.05) is 31.6 Å². The highest BCUT2D eigenvalue weighted by molar-refractivity contribution is 7.12. The fraction of sp³-hybridized carbons (Fsp3) is 0.560. The Morgan fingerprint density at radius 2 is 2.00 bits per heavy atom. The van der Waals surface area contributed by atoms with Crippen LogP contribution in [0.5, 0.6) is 5.75 Å². The third-order valence-electron chi connectivity index (χ3n) is 6.67. The zero-order valence-electron chi connectivity index (χ0n) is 18.8. The van der Waals surface area contributed by atoms with Crippen molar-refractivity contribution in [2.45, 2.75) is 38.3 Å². The van der Waals surface area contributed by atoms with Gasteiger partial charge >= 0.3 is 0 Å². The van der Waals surface area contributed by atoms with E-state index in [0.29, 0.717) is 18.6 Å². The van der Waals surface area contributed by atoms with Crippen molar-refractivity contribution in [3.8, 4) is 5.75 Å². The van der Waals surface area contributed by atoms with E-state index in [9.17, 15) is 4.79 Å². The zero-order valence-corrected chi connectivity index (χ0v) is 19.7. The number of carbonyl (C=O) groups excluding carboxylic acids is 1. The monoisotopic (exact) mass is 441 g/mol. The first-order valence-electron chi connectivity index (χ1n) is 11.5. The number of amides is 1. The second-order valence-corrected chi connectivity index (χ2v) is 10.1. The van der Waals surface area contributed by atoms with Gasteiger partial charge in [-0.05, 0) is 82.0 Å². The first-order valence-corrected chi connectivity index (χ1v) is 12.4. The molecule has 2 fully saturated rings. The molecule has 0 bridgehead atoms. The fourth-order valence-electron chi connectivity index (χ4n) is 4.74. The van der Waals surface area contributed by atoms with Crippen molar-refractivity contribution in [2.24, 2.45) is 5.92 Å². The number of ether oxygens (including phenoxy) is 1. The lowest BCUT2D eigenvalue weighted by atomic mass is 9.99. The summed E-state index contributed by atoms with van der Waals surface area (Å²) in [6.07, 6.45) is 4.65. The predicted octanol–water partition coefficient (Wildman–Crippen LogP) is 4.21. The molecule has 2 aliphatic heterocycles. The molecule has 1 amide bonds. The molecule has 6 heteroatoms. The number of hydrogen-bond donors (Lipinski definition) is 0. The third-order valence-corrected chi connectivity index (χ3v) is 7.52. The minimum absolute atomic E-state index is 0.165. The molecule has 1 unspecified atom stereocenters. The first-order chi connectivity index (χ1) is 15.1. The van der Waals surface area contributed by atoms with Crippen LogP contribution >= 0.6 is 11.3 Å². The van der Waals surface area contributed by atoms with Gasteiger partial charge in [-0.1, -0.05) is 18.2 Å². The molecule has 5 nitrogen and oxygen atoms in total. The molecule has 1 aromatic heterocycles. The van der Waals surface area contributed by atoms with E-state index in [-0.39, 0.29) is 5.91 Å². The fourth-order valence-corrected chi connectivity index (χ4v) is 5.43. The highest BCUT2D eigenvalue weighted by Crippen LogP contribution is 2.23. The van der Waals surface area contributed by atoms with Crippen molar-refractivity contribution in [2.75, 3.05) is 46.9 Å². The van der Waals surface area contributed by atoms with Crippen LogP contribution < -0.4 is 4.74 Å². The Labute approximate surface area is 190 Å². The Bertz CT molecular complexity index is 833. The van der Waals surface area contributed by atoms with Crippen molar-refractivity contribution >= 4 is 17.2 Å². The Morgan fingerprint density at radius 3 is 2.77 bits per heavy atom. The van der Waals surface area contributed by atoms with Gasteiger partial charge in [-0.15, -0.1) is 11.3 Å². The quantitative estimate of drug-likeness (QED) is 0.645. The normalized spacial score (nSPS) is 20.9. The molecule has 168 valence electrons. The van der Waals surface area contributed by atoms with Crippen LogP contribution in [0.15, 0.2) is 41.8 Å². The van der Waals surface area contributed by atoms with Gasteiger partial charge in [-0.25, -0.2) is 0 Å². The van der Waals surface area contributed by atoms with Gasteiger partial charge in [-0.2, -0.15) is 0 Å². The van der Waals surface area contributed by atoms with Gasteiger partial charge in [0.1, 0.15) is 5.75 Å². The van der Waals surface area contributed by atoms with E-state index in [1.54, 1.807) is 0 Å². The Morgan fingerprint density at radius 1 is 1.16 bits per heavy atom. The predicted molar refractivity (Wildman–Crippen MR) is 127 cm³/mol. The van der Waals surface area contributed by atoms with Crippen LogP contribution in [0, 0.1) is 5.92 Å². The van der Waals surface area contributed by atoms with E-state index >= 15 is 0 Å². The number of rotatable bonds is 7. The van der Waals surface area contributed by atoms with Crippen LogP contribution in [0.2, 0.25) is 0 Å². The average molecular weight is 442 g/mol. The standard InChI is InChI=1S/C25H35N3O2S/c1-26-13-10-22(11-14-26)27(2)17-20-6-3-8-23(16-20)30-19-21-7-4-12-28(18-21)25(29)24-9-5-15-31-24/h3,5-6,8-9,15-16,21-22H,4,7,10-14,17-19H2,1-2H3. The van der Waals surface area contributed by atoms with Gasteiger partial charge in [-0.3, -0.25) is 9.69 Å². The summed E-state index contributed by atoms with van der Waals surface area (Å²) < 4.78 is 6.19. The minimum Gasteiger partial charge on any atom is -0.493 e. The summed E-state index contributed by atoms with van der Waals surface area (Å²) in [5, 5.41) is 1.97. The van der Waals surface area contributed by atoms with Crippen molar-refractivity contribution < 1.29 is 9.53 Å². The molecule has 31 heavy (non-hydrogen) atoms. The summed E-state index contributed by atoms with van der Waals surface area (Å²) in [6, 6.07) is 13.1. The van der Waals surface area contributed by atoms with E-state index < -0.39 is 0 Å². The maximum Gasteiger partial charge on any atom is 0.263 e. The van der Waals surface area contributed by atoms with Crippen LogP contribution in [0.3, 0.4) is 0 Å². The number of piperidine rings is 2. The molecule has 1 atom stereocenters. The van der Waals surface area contributed by atoms with Crippen molar-refractivity contribution in [3.63, 3.8) is 0 Å². The molecule has 0 aliphatic carbocycles. The van der Waals surface area contributed by atoms with E-state index in [0.717, 1.165) is 43.1 Å². The van der Waals surface area contributed by atoms with Crippen LogP contribution in [-0.2, 0) is 6.54 Å². The average Bonchev–Trinajstić information content (AvgIpc) is 3.33. The van der Waals surface area contributed by atoms with E-state index in [1.807, 2.05) is 22.4 Å². The van der Waals surface area contributed by atoms with Crippen molar-refractivity contribution in [3.05, 3.63) is 52.2 Å². The number of hydrogen-bond acceptors (Lipinski definition) is 5. The minimum atomic E-state index is 0.165. The lowest BCUT2D eigenvalue weighted by molar-refractivity contribution is 0.0638. The molecule has 2 aromatic rings. The molecule has 0 radical (unpaired) electrons. The molecule has 4 rings (SSSR count). The first kappa shape index (κ1) is 22.3. The maximum atomic E-state index is 12.7. The molecular formula is C25H35N3O2S. The molecule has 3 heterocycles. The van der Waals surface area contributed by atoms with Crippen molar-refractivity contribution in [1.29, 1.82) is 0 Å². The number of nitrogens with zero attached hydrogens (tertiary/aromatic N) is 3. The van der Waals surface area contributed by atoms with E-state index in [1.165, 1.54) is 42.8 Å². The van der Waals surface area contributed by atoms with Crippen molar-refractivity contribution in [1.82, 2.24) is 14.7 Å². The smallest absolute Gasteiger partial charge is 0.263 e. The topological polar surface area (TPSA) is 36.0 Å². The van der Waals surface area contributed by atoms with Gasteiger partial charge in [0.05, 0.1) is 11.5 Å². The Kier molecular flexibility index (Phi) is 7.64. The molecule has 0 N–H and O–H groups in total. The number of carbonyl (C=O) groups is 1. The Balaban J connectivity index is 1.27. The summed E-state index contributed by atoms with van der Waals surface area (Å²) >= 11 is 1.52. The molecule has 2 aliphatic rings. The van der Waals surface area contributed by atoms with Crippen LogP contribution in [-0.4, -0.2) is 73.5 Å². The second kappa shape index (κ2) is 10.6. The van der Waals surface area contributed by atoms with Gasteiger partial charge in [0.15, 0.2) is 0 Å². The van der Waals surface area contributed by atoms with Gasteiger partial charge < -0.3 is 14.5 Å². The molecule has 2 saturated heterocycles. The number of benzene rings is 1. The molecule has 1 aromatic carbocycles.